The largest absolute Gasteiger partial charge is 0.272 e. The van der Waals surface area contributed by atoms with Gasteiger partial charge in [0.25, 0.3) is 15.9 Å². The number of benzene rings is 3. The van der Waals surface area contributed by atoms with Crippen LogP contribution in [-0.4, -0.2) is 14.3 Å². The Labute approximate surface area is 176 Å². The lowest BCUT2D eigenvalue weighted by Crippen LogP contribution is -2.37. The zero-order chi connectivity index (χ0) is 20.9. The molecule has 0 aromatic heterocycles. The third-order valence-corrected chi connectivity index (χ3v) is 6.52. The number of hydrogen-bond donors (Lipinski definition) is 0. The number of unbranched alkanes of at least 4 members (excludes halogenated alkanes) is 1. The number of sulfonamides is 1. The van der Waals surface area contributed by atoms with Crippen LogP contribution in [0.25, 0.3) is 0 Å². The summed E-state index contributed by atoms with van der Waals surface area (Å²) in [6.45, 7) is 2.12. The van der Waals surface area contributed by atoms with E-state index in [4.69, 9.17) is 11.6 Å². The lowest BCUT2D eigenvalue weighted by molar-refractivity contribution is 0.101. The van der Waals surface area contributed by atoms with E-state index in [-0.39, 0.29) is 4.90 Å². The maximum Gasteiger partial charge on any atom is 0.272 e. The number of hydrogen-bond acceptors (Lipinski definition) is 3. The van der Waals surface area contributed by atoms with Crippen molar-refractivity contribution in [2.75, 3.05) is 4.31 Å². The Bertz CT molecular complexity index is 1060. The standard InChI is InChI=1S/C23H22ClNO3S/c1-2-3-7-18-10-14-21(15-11-18)25(23(26)19-8-5-4-6-9-19)29(27,28)22-16-12-20(24)13-17-22/h4-6,8-17H,2-3,7H2,1H3. The second-order valence-electron chi connectivity index (χ2n) is 6.66. The lowest BCUT2D eigenvalue weighted by atomic mass is 10.1. The van der Waals surface area contributed by atoms with Gasteiger partial charge in [0.1, 0.15) is 0 Å². The number of aryl methyl sites for hydroxylation is 1. The zero-order valence-electron chi connectivity index (χ0n) is 16.1. The lowest BCUT2D eigenvalue weighted by Gasteiger charge is -2.23. The summed E-state index contributed by atoms with van der Waals surface area (Å²) in [5, 5.41) is 0.421. The van der Waals surface area contributed by atoms with Crippen molar-refractivity contribution in [3.05, 3.63) is 95.0 Å². The van der Waals surface area contributed by atoms with Gasteiger partial charge in [-0.1, -0.05) is 55.3 Å². The van der Waals surface area contributed by atoms with Crippen LogP contribution in [0.5, 0.6) is 0 Å². The summed E-state index contributed by atoms with van der Waals surface area (Å²) in [4.78, 5) is 13.2. The van der Waals surface area contributed by atoms with Crippen LogP contribution >= 0.6 is 11.6 Å². The van der Waals surface area contributed by atoms with Crippen molar-refractivity contribution in [3.63, 3.8) is 0 Å². The molecule has 0 aliphatic rings. The molecule has 3 aromatic rings. The van der Waals surface area contributed by atoms with E-state index in [1.807, 2.05) is 12.1 Å². The van der Waals surface area contributed by atoms with E-state index >= 15 is 0 Å². The molecule has 0 heterocycles. The Kier molecular flexibility index (Phi) is 6.72. The molecule has 3 aromatic carbocycles. The van der Waals surface area contributed by atoms with Gasteiger partial charge in [0.2, 0.25) is 0 Å². The summed E-state index contributed by atoms with van der Waals surface area (Å²) >= 11 is 5.90. The van der Waals surface area contributed by atoms with E-state index in [0.29, 0.717) is 16.3 Å². The smallest absolute Gasteiger partial charge is 0.268 e. The van der Waals surface area contributed by atoms with Gasteiger partial charge in [-0.05, 0) is 66.9 Å². The van der Waals surface area contributed by atoms with Gasteiger partial charge in [0.05, 0.1) is 10.6 Å². The topological polar surface area (TPSA) is 54.5 Å². The Balaban J connectivity index is 2.07. The fraction of sp³-hybridized carbons (Fsp3) is 0.174. The number of rotatable bonds is 7. The van der Waals surface area contributed by atoms with Crippen LogP contribution in [0.3, 0.4) is 0 Å². The monoisotopic (exact) mass is 427 g/mol. The summed E-state index contributed by atoms with van der Waals surface area (Å²) in [6.07, 6.45) is 3.04. The SMILES string of the molecule is CCCCc1ccc(N(C(=O)c2ccccc2)S(=O)(=O)c2ccc(Cl)cc2)cc1. The number of anilines is 1. The van der Waals surface area contributed by atoms with Crippen LogP contribution in [0.4, 0.5) is 5.69 Å². The Morgan fingerprint density at radius 3 is 2.10 bits per heavy atom. The number of carbonyl (C=O) groups excluding carboxylic acids is 1. The molecule has 0 spiro atoms. The van der Waals surface area contributed by atoms with Crippen molar-refractivity contribution in [2.24, 2.45) is 0 Å². The van der Waals surface area contributed by atoms with E-state index < -0.39 is 15.9 Å². The fourth-order valence-electron chi connectivity index (χ4n) is 2.95. The molecular weight excluding hydrogens is 406 g/mol. The van der Waals surface area contributed by atoms with Gasteiger partial charge in [-0.3, -0.25) is 4.79 Å². The molecule has 4 nitrogen and oxygen atoms in total. The predicted molar refractivity (Wildman–Crippen MR) is 117 cm³/mol. The first-order valence-corrected chi connectivity index (χ1v) is 11.2. The normalized spacial score (nSPS) is 11.2. The van der Waals surface area contributed by atoms with E-state index in [1.165, 1.54) is 24.3 Å². The highest BCUT2D eigenvalue weighted by molar-refractivity contribution is 7.93. The molecule has 0 aliphatic carbocycles. The summed E-state index contributed by atoms with van der Waals surface area (Å²) in [5.41, 5.74) is 1.70. The van der Waals surface area contributed by atoms with E-state index in [2.05, 4.69) is 6.92 Å². The molecule has 0 saturated heterocycles. The number of halogens is 1. The van der Waals surface area contributed by atoms with Crippen molar-refractivity contribution in [1.82, 2.24) is 0 Å². The average molecular weight is 428 g/mol. The van der Waals surface area contributed by atoms with Crippen LogP contribution in [0.15, 0.2) is 83.8 Å². The third kappa shape index (κ3) is 4.86. The van der Waals surface area contributed by atoms with Gasteiger partial charge in [-0.25, -0.2) is 8.42 Å². The molecule has 29 heavy (non-hydrogen) atoms. The molecule has 0 radical (unpaired) electrons. The second kappa shape index (κ2) is 9.25. The predicted octanol–water partition coefficient (Wildman–Crippen LogP) is 5.72. The molecule has 150 valence electrons. The Morgan fingerprint density at radius 2 is 1.52 bits per heavy atom. The minimum Gasteiger partial charge on any atom is -0.268 e. The Hall–Kier alpha value is -2.63. The number of nitrogens with zero attached hydrogens (tertiary/aromatic N) is 1. The molecule has 0 bridgehead atoms. The highest BCUT2D eigenvalue weighted by Crippen LogP contribution is 2.27. The highest BCUT2D eigenvalue weighted by atomic mass is 35.5. The number of amides is 1. The molecule has 3 rings (SSSR count). The van der Waals surface area contributed by atoms with Gasteiger partial charge in [0.15, 0.2) is 0 Å². The summed E-state index contributed by atoms with van der Waals surface area (Å²) in [6, 6.07) is 21.3. The third-order valence-electron chi connectivity index (χ3n) is 4.55. The molecule has 0 unspecified atom stereocenters. The van der Waals surface area contributed by atoms with Crippen molar-refractivity contribution < 1.29 is 13.2 Å². The molecule has 0 aliphatic heterocycles. The van der Waals surface area contributed by atoms with Crippen LogP contribution in [0, 0.1) is 0 Å². The molecule has 0 atom stereocenters. The minimum atomic E-state index is -4.12. The Morgan fingerprint density at radius 1 is 0.897 bits per heavy atom. The van der Waals surface area contributed by atoms with Crippen molar-refractivity contribution in [3.8, 4) is 0 Å². The van der Waals surface area contributed by atoms with E-state index in [0.717, 1.165) is 29.1 Å². The maximum atomic E-state index is 13.4. The van der Waals surface area contributed by atoms with Gasteiger partial charge in [-0.2, -0.15) is 4.31 Å². The fourth-order valence-corrected chi connectivity index (χ4v) is 4.49. The van der Waals surface area contributed by atoms with Gasteiger partial charge in [0, 0.05) is 10.6 Å². The average Bonchev–Trinajstić information content (AvgIpc) is 2.74. The number of carbonyl (C=O) groups is 1. The molecule has 0 N–H and O–H groups in total. The summed E-state index contributed by atoms with van der Waals surface area (Å²) in [5.74, 6) is -0.609. The zero-order valence-corrected chi connectivity index (χ0v) is 17.7. The van der Waals surface area contributed by atoms with Crippen LogP contribution < -0.4 is 4.31 Å². The van der Waals surface area contributed by atoms with Crippen molar-refractivity contribution in [2.45, 2.75) is 31.1 Å². The summed E-state index contributed by atoms with van der Waals surface area (Å²) < 4.78 is 27.6. The molecule has 6 heteroatoms. The molecule has 0 saturated carbocycles. The van der Waals surface area contributed by atoms with Gasteiger partial charge < -0.3 is 0 Å². The first-order valence-electron chi connectivity index (χ1n) is 9.42. The van der Waals surface area contributed by atoms with Gasteiger partial charge >= 0.3 is 0 Å². The molecular formula is C23H22ClNO3S. The van der Waals surface area contributed by atoms with Gasteiger partial charge in [-0.15, -0.1) is 0 Å². The van der Waals surface area contributed by atoms with E-state index in [1.54, 1.807) is 42.5 Å². The minimum absolute atomic E-state index is 0.00115. The van der Waals surface area contributed by atoms with Crippen LogP contribution in [0.2, 0.25) is 5.02 Å². The summed E-state index contributed by atoms with van der Waals surface area (Å²) in [7, 11) is -4.12. The second-order valence-corrected chi connectivity index (χ2v) is 8.89. The van der Waals surface area contributed by atoms with E-state index in [9.17, 15) is 13.2 Å². The maximum absolute atomic E-state index is 13.4. The van der Waals surface area contributed by atoms with Crippen molar-refractivity contribution >= 4 is 33.2 Å². The molecule has 0 fully saturated rings. The van der Waals surface area contributed by atoms with Crippen molar-refractivity contribution in [1.29, 1.82) is 0 Å². The first kappa shape index (κ1) is 21.1. The highest BCUT2D eigenvalue weighted by Gasteiger charge is 2.31. The first-order chi connectivity index (χ1) is 13.9. The van der Waals surface area contributed by atoms with Crippen LogP contribution in [-0.2, 0) is 16.4 Å². The quantitative estimate of drug-likeness (QED) is 0.484. The van der Waals surface area contributed by atoms with Crippen LogP contribution in [0.1, 0.15) is 35.7 Å². The molecule has 1 amide bonds.